The average molecular weight is 182 g/mol. The van der Waals surface area contributed by atoms with Gasteiger partial charge in [0.25, 0.3) is 0 Å². The van der Waals surface area contributed by atoms with Crippen molar-refractivity contribution in [3.05, 3.63) is 53.9 Å². The second-order valence-electron chi connectivity index (χ2n) is 3.02. The summed E-state index contributed by atoms with van der Waals surface area (Å²) in [5, 5.41) is 4.04. The molecular weight excluding hydrogens is 172 g/mol. The highest BCUT2D eigenvalue weighted by Crippen LogP contribution is 1.97. The van der Waals surface area contributed by atoms with Crippen molar-refractivity contribution < 1.29 is 0 Å². The zero-order valence-corrected chi connectivity index (χ0v) is 7.94. The standard InChI is InChI=1S/C12H10N2/c1-14-10-12(9-13-14)8-7-11-5-3-2-4-6-11/h2-6,9-10H,1H3. The number of benzene rings is 1. The van der Waals surface area contributed by atoms with Crippen molar-refractivity contribution in [3.63, 3.8) is 0 Å². The van der Waals surface area contributed by atoms with Crippen molar-refractivity contribution in [2.24, 2.45) is 7.05 Å². The minimum atomic E-state index is 0.941. The van der Waals surface area contributed by atoms with Crippen LogP contribution in [0.15, 0.2) is 42.7 Å². The third-order valence-electron chi connectivity index (χ3n) is 1.83. The molecule has 0 saturated carbocycles. The molecule has 0 amide bonds. The molecule has 0 aliphatic heterocycles. The minimum absolute atomic E-state index is 0.941. The van der Waals surface area contributed by atoms with Gasteiger partial charge in [0.2, 0.25) is 0 Å². The largest absolute Gasteiger partial charge is 0.275 e. The van der Waals surface area contributed by atoms with Crippen LogP contribution in [0.25, 0.3) is 0 Å². The van der Waals surface area contributed by atoms with Gasteiger partial charge in [0.15, 0.2) is 0 Å². The van der Waals surface area contributed by atoms with Crippen molar-refractivity contribution in [3.8, 4) is 11.8 Å². The van der Waals surface area contributed by atoms with Gasteiger partial charge in [-0.25, -0.2) is 0 Å². The third-order valence-corrected chi connectivity index (χ3v) is 1.83. The van der Waals surface area contributed by atoms with E-state index in [0.29, 0.717) is 0 Å². The summed E-state index contributed by atoms with van der Waals surface area (Å²) in [5.74, 6) is 6.12. The van der Waals surface area contributed by atoms with E-state index in [1.54, 1.807) is 10.9 Å². The fourth-order valence-corrected chi connectivity index (χ4v) is 1.15. The topological polar surface area (TPSA) is 17.8 Å². The van der Waals surface area contributed by atoms with Crippen LogP contribution in [0.2, 0.25) is 0 Å². The first-order valence-electron chi connectivity index (χ1n) is 4.40. The van der Waals surface area contributed by atoms with Crippen LogP contribution in [0.5, 0.6) is 0 Å². The molecule has 0 spiro atoms. The summed E-state index contributed by atoms with van der Waals surface area (Å²) in [7, 11) is 1.88. The van der Waals surface area contributed by atoms with Gasteiger partial charge in [-0.15, -0.1) is 0 Å². The molecular formula is C12H10N2. The van der Waals surface area contributed by atoms with E-state index in [4.69, 9.17) is 0 Å². The molecule has 1 aromatic heterocycles. The number of aromatic nitrogens is 2. The molecule has 14 heavy (non-hydrogen) atoms. The molecule has 2 aromatic rings. The first-order valence-corrected chi connectivity index (χ1v) is 4.40. The second kappa shape index (κ2) is 3.80. The molecule has 0 radical (unpaired) electrons. The van der Waals surface area contributed by atoms with Gasteiger partial charge in [0.05, 0.1) is 11.8 Å². The fraction of sp³-hybridized carbons (Fsp3) is 0.0833. The highest BCUT2D eigenvalue weighted by Gasteiger charge is 1.88. The monoisotopic (exact) mass is 182 g/mol. The zero-order valence-electron chi connectivity index (χ0n) is 7.94. The van der Waals surface area contributed by atoms with Crippen molar-refractivity contribution in [1.82, 2.24) is 9.78 Å². The van der Waals surface area contributed by atoms with Gasteiger partial charge in [0.1, 0.15) is 0 Å². The van der Waals surface area contributed by atoms with Crippen molar-refractivity contribution >= 4 is 0 Å². The van der Waals surface area contributed by atoms with Gasteiger partial charge in [-0.2, -0.15) is 5.10 Å². The van der Waals surface area contributed by atoms with Gasteiger partial charge in [-0.3, -0.25) is 4.68 Å². The quantitative estimate of drug-likeness (QED) is 0.568. The van der Waals surface area contributed by atoms with Crippen LogP contribution in [-0.2, 0) is 7.05 Å². The lowest BCUT2D eigenvalue weighted by atomic mass is 10.2. The van der Waals surface area contributed by atoms with Crippen LogP contribution in [0.4, 0.5) is 0 Å². The molecule has 0 N–H and O–H groups in total. The van der Waals surface area contributed by atoms with E-state index in [9.17, 15) is 0 Å². The first kappa shape index (κ1) is 8.58. The Morgan fingerprint density at radius 1 is 1.07 bits per heavy atom. The molecule has 0 aliphatic rings. The lowest BCUT2D eigenvalue weighted by Gasteiger charge is -1.85. The summed E-state index contributed by atoms with van der Waals surface area (Å²) in [6.45, 7) is 0. The molecule has 0 saturated heterocycles. The molecule has 2 heteroatoms. The summed E-state index contributed by atoms with van der Waals surface area (Å²) in [6.07, 6.45) is 3.66. The Labute approximate surface area is 83.2 Å². The van der Waals surface area contributed by atoms with Gasteiger partial charge in [0, 0.05) is 18.8 Å². The lowest BCUT2D eigenvalue weighted by molar-refractivity contribution is 0.767. The molecule has 2 rings (SSSR count). The Hall–Kier alpha value is -2.01. The van der Waals surface area contributed by atoms with E-state index < -0.39 is 0 Å². The van der Waals surface area contributed by atoms with E-state index in [1.165, 1.54) is 0 Å². The van der Waals surface area contributed by atoms with Crippen molar-refractivity contribution in [2.75, 3.05) is 0 Å². The van der Waals surface area contributed by atoms with E-state index in [-0.39, 0.29) is 0 Å². The number of aryl methyl sites for hydroxylation is 1. The number of rotatable bonds is 0. The first-order chi connectivity index (χ1) is 6.84. The van der Waals surface area contributed by atoms with Crippen LogP contribution in [0.1, 0.15) is 11.1 Å². The Morgan fingerprint density at radius 3 is 2.43 bits per heavy atom. The maximum absolute atomic E-state index is 4.04. The maximum atomic E-state index is 4.04. The molecule has 1 aromatic carbocycles. The maximum Gasteiger partial charge on any atom is 0.0646 e. The second-order valence-corrected chi connectivity index (χ2v) is 3.02. The van der Waals surface area contributed by atoms with E-state index >= 15 is 0 Å². The van der Waals surface area contributed by atoms with E-state index in [0.717, 1.165) is 11.1 Å². The predicted molar refractivity (Wildman–Crippen MR) is 55.6 cm³/mol. The van der Waals surface area contributed by atoms with Crippen LogP contribution in [0, 0.1) is 11.8 Å². The van der Waals surface area contributed by atoms with E-state index in [2.05, 4.69) is 16.9 Å². The Balaban J connectivity index is 2.23. The van der Waals surface area contributed by atoms with Crippen LogP contribution >= 0.6 is 0 Å². The molecule has 0 aliphatic carbocycles. The summed E-state index contributed by atoms with van der Waals surface area (Å²) in [4.78, 5) is 0. The Kier molecular flexibility index (Phi) is 2.33. The summed E-state index contributed by atoms with van der Waals surface area (Å²) < 4.78 is 1.75. The molecule has 2 nitrogen and oxygen atoms in total. The molecule has 1 heterocycles. The average Bonchev–Trinajstić information content (AvgIpc) is 2.63. The number of nitrogens with zero attached hydrogens (tertiary/aromatic N) is 2. The third kappa shape index (κ3) is 2.02. The van der Waals surface area contributed by atoms with Crippen LogP contribution < -0.4 is 0 Å². The van der Waals surface area contributed by atoms with Gasteiger partial charge >= 0.3 is 0 Å². The smallest absolute Gasteiger partial charge is 0.0646 e. The molecule has 0 fully saturated rings. The normalized spacial score (nSPS) is 9.21. The Bertz CT molecular complexity index is 472. The summed E-state index contributed by atoms with van der Waals surface area (Å²) in [5.41, 5.74) is 1.97. The fourth-order valence-electron chi connectivity index (χ4n) is 1.15. The molecule has 0 atom stereocenters. The van der Waals surface area contributed by atoms with Crippen molar-refractivity contribution in [1.29, 1.82) is 0 Å². The predicted octanol–water partition coefficient (Wildman–Crippen LogP) is 1.82. The molecule has 0 unspecified atom stereocenters. The van der Waals surface area contributed by atoms with Gasteiger partial charge in [-0.1, -0.05) is 30.0 Å². The number of hydrogen-bond acceptors (Lipinski definition) is 1. The number of hydrogen-bond donors (Lipinski definition) is 0. The van der Waals surface area contributed by atoms with E-state index in [1.807, 2.05) is 43.6 Å². The van der Waals surface area contributed by atoms with Gasteiger partial charge in [-0.05, 0) is 12.1 Å². The lowest BCUT2D eigenvalue weighted by Crippen LogP contribution is -1.83. The highest BCUT2D eigenvalue weighted by molar-refractivity contribution is 5.40. The molecule has 0 bridgehead atoms. The minimum Gasteiger partial charge on any atom is -0.275 e. The highest BCUT2D eigenvalue weighted by atomic mass is 15.2. The van der Waals surface area contributed by atoms with Crippen molar-refractivity contribution in [2.45, 2.75) is 0 Å². The zero-order chi connectivity index (χ0) is 9.80. The van der Waals surface area contributed by atoms with Crippen LogP contribution in [-0.4, -0.2) is 9.78 Å². The SMILES string of the molecule is Cn1cc(C#Cc2ccccc2)cn1. The van der Waals surface area contributed by atoms with Gasteiger partial charge < -0.3 is 0 Å². The Morgan fingerprint density at radius 2 is 1.79 bits per heavy atom. The summed E-state index contributed by atoms with van der Waals surface area (Å²) >= 11 is 0. The van der Waals surface area contributed by atoms with Crippen LogP contribution in [0.3, 0.4) is 0 Å². The molecule has 68 valence electrons. The summed E-state index contributed by atoms with van der Waals surface area (Å²) in [6, 6.07) is 9.92.